The predicted molar refractivity (Wildman–Crippen MR) is 64.3 cm³/mol. The largest absolute Gasteiger partial charge is 0.484 e. The minimum absolute atomic E-state index is 0.117. The van der Waals surface area contributed by atoms with Crippen LogP contribution in [-0.2, 0) is 0 Å². The molecule has 0 heterocycles. The van der Waals surface area contributed by atoms with Crippen molar-refractivity contribution >= 4 is 0 Å². The fraction of sp³-hybridized carbons (Fsp3) is 0.571. The Labute approximate surface area is 106 Å². The summed E-state index contributed by atoms with van der Waals surface area (Å²) >= 11 is 0. The van der Waals surface area contributed by atoms with Gasteiger partial charge in [-0.25, -0.2) is 4.39 Å². The Morgan fingerprint density at radius 3 is 2.61 bits per heavy atom. The molecular formula is C14H18F2O2. The first kappa shape index (κ1) is 13.3. The van der Waals surface area contributed by atoms with Crippen LogP contribution in [0, 0.1) is 23.5 Å². The molecule has 0 bridgehead atoms. The third-order valence-corrected chi connectivity index (χ3v) is 3.54. The highest BCUT2D eigenvalue weighted by molar-refractivity contribution is 5.25. The molecule has 0 aliphatic heterocycles. The lowest BCUT2D eigenvalue weighted by molar-refractivity contribution is -0.0405. The predicted octanol–water partition coefficient (Wildman–Crippen LogP) is 3.14. The zero-order valence-electron chi connectivity index (χ0n) is 10.6. The van der Waals surface area contributed by atoms with Crippen LogP contribution in [0.25, 0.3) is 0 Å². The molecule has 0 amide bonds. The molecule has 0 radical (unpaired) electrons. The van der Waals surface area contributed by atoms with Gasteiger partial charge in [0.05, 0.1) is 6.10 Å². The van der Waals surface area contributed by atoms with Crippen molar-refractivity contribution in [1.29, 1.82) is 0 Å². The first-order chi connectivity index (χ1) is 8.49. The molecule has 1 fully saturated rings. The molecule has 1 aliphatic rings. The van der Waals surface area contributed by atoms with Gasteiger partial charge in [0.25, 0.3) is 0 Å². The molecule has 0 spiro atoms. The van der Waals surface area contributed by atoms with Crippen molar-refractivity contribution in [2.24, 2.45) is 11.8 Å². The molecule has 4 heteroatoms. The summed E-state index contributed by atoms with van der Waals surface area (Å²) in [5.41, 5.74) is 0. The molecule has 4 unspecified atom stereocenters. The van der Waals surface area contributed by atoms with Crippen LogP contribution < -0.4 is 4.74 Å². The normalized spacial score (nSPS) is 32.3. The molecule has 0 aromatic heterocycles. The van der Waals surface area contributed by atoms with Gasteiger partial charge in [0.1, 0.15) is 6.10 Å². The average molecular weight is 256 g/mol. The second-order valence-corrected chi connectivity index (χ2v) is 5.26. The van der Waals surface area contributed by atoms with Gasteiger partial charge >= 0.3 is 0 Å². The maximum Gasteiger partial charge on any atom is 0.200 e. The molecule has 1 N–H and O–H groups in total. The van der Waals surface area contributed by atoms with Crippen LogP contribution in [0.15, 0.2) is 18.2 Å². The van der Waals surface area contributed by atoms with Crippen LogP contribution in [-0.4, -0.2) is 17.3 Å². The fourth-order valence-electron chi connectivity index (χ4n) is 2.71. The molecule has 18 heavy (non-hydrogen) atoms. The number of aliphatic hydroxyl groups excluding tert-OH is 1. The van der Waals surface area contributed by atoms with Gasteiger partial charge in [-0.3, -0.25) is 0 Å². The molecular weight excluding hydrogens is 238 g/mol. The highest BCUT2D eigenvalue weighted by Crippen LogP contribution is 2.33. The first-order valence-corrected chi connectivity index (χ1v) is 6.27. The van der Waals surface area contributed by atoms with E-state index in [-0.39, 0.29) is 11.7 Å². The van der Waals surface area contributed by atoms with Crippen molar-refractivity contribution < 1.29 is 18.6 Å². The Balaban J connectivity index is 2.15. The van der Waals surface area contributed by atoms with E-state index in [1.165, 1.54) is 12.1 Å². The number of ether oxygens (including phenoxy) is 1. The number of aliphatic hydroxyl groups is 1. The van der Waals surface area contributed by atoms with Gasteiger partial charge < -0.3 is 9.84 Å². The smallest absolute Gasteiger partial charge is 0.200 e. The zero-order chi connectivity index (χ0) is 13.3. The fourth-order valence-corrected chi connectivity index (χ4v) is 2.71. The van der Waals surface area contributed by atoms with Gasteiger partial charge in [-0.1, -0.05) is 19.9 Å². The van der Waals surface area contributed by atoms with Crippen molar-refractivity contribution in [3.63, 3.8) is 0 Å². The van der Waals surface area contributed by atoms with Crippen LogP contribution in [0.3, 0.4) is 0 Å². The van der Waals surface area contributed by atoms with Crippen molar-refractivity contribution in [3.05, 3.63) is 29.8 Å². The summed E-state index contributed by atoms with van der Waals surface area (Å²) in [5.74, 6) is -1.51. The van der Waals surface area contributed by atoms with Crippen molar-refractivity contribution in [3.8, 4) is 5.75 Å². The molecule has 1 saturated carbocycles. The van der Waals surface area contributed by atoms with E-state index in [1.54, 1.807) is 0 Å². The lowest BCUT2D eigenvalue weighted by Gasteiger charge is -2.36. The average Bonchev–Trinajstić information content (AvgIpc) is 2.28. The lowest BCUT2D eigenvalue weighted by atomic mass is 9.79. The maximum absolute atomic E-state index is 13.5. The third-order valence-electron chi connectivity index (χ3n) is 3.54. The van der Waals surface area contributed by atoms with Crippen LogP contribution in [0.2, 0.25) is 0 Å². The van der Waals surface area contributed by atoms with E-state index in [1.807, 2.05) is 6.92 Å². The molecule has 4 atom stereocenters. The highest BCUT2D eigenvalue weighted by atomic mass is 19.2. The molecule has 2 nitrogen and oxygen atoms in total. The van der Waals surface area contributed by atoms with Crippen LogP contribution >= 0.6 is 0 Å². The second-order valence-electron chi connectivity index (χ2n) is 5.26. The van der Waals surface area contributed by atoms with Crippen LogP contribution in [0.5, 0.6) is 5.75 Å². The van der Waals surface area contributed by atoms with E-state index < -0.39 is 23.8 Å². The van der Waals surface area contributed by atoms with Gasteiger partial charge in [0, 0.05) is 0 Å². The van der Waals surface area contributed by atoms with Crippen LogP contribution in [0.1, 0.15) is 26.7 Å². The summed E-state index contributed by atoms with van der Waals surface area (Å²) in [4.78, 5) is 0. The maximum atomic E-state index is 13.5. The Hall–Kier alpha value is -1.16. The summed E-state index contributed by atoms with van der Waals surface area (Å²) in [7, 11) is 0. The Kier molecular flexibility index (Phi) is 3.85. The topological polar surface area (TPSA) is 29.5 Å². The number of hydrogen-bond acceptors (Lipinski definition) is 2. The number of benzene rings is 1. The van der Waals surface area contributed by atoms with E-state index in [0.717, 1.165) is 12.5 Å². The van der Waals surface area contributed by atoms with Gasteiger partial charge in [-0.2, -0.15) is 4.39 Å². The van der Waals surface area contributed by atoms with E-state index in [4.69, 9.17) is 4.74 Å². The SMILES string of the molecule is CC1CC(C)C(Oc2cccc(F)c2F)C(O)C1. The highest BCUT2D eigenvalue weighted by Gasteiger charge is 2.35. The minimum Gasteiger partial charge on any atom is -0.484 e. The van der Waals surface area contributed by atoms with Crippen molar-refractivity contribution in [2.75, 3.05) is 0 Å². The minimum atomic E-state index is -0.990. The summed E-state index contributed by atoms with van der Waals surface area (Å²) in [6.45, 7) is 4.03. The van der Waals surface area contributed by atoms with Crippen molar-refractivity contribution in [1.82, 2.24) is 0 Å². The Morgan fingerprint density at radius 1 is 1.22 bits per heavy atom. The first-order valence-electron chi connectivity index (χ1n) is 6.27. The molecule has 2 rings (SSSR count). The zero-order valence-corrected chi connectivity index (χ0v) is 10.6. The molecule has 1 aliphatic carbocycles. The van der Waals surface area contributed by atoms with Gasteiger partial charge in [0.2, 0.25) is 5.82 Å². The van der Waals surface area contributed by atoms with Crippen LogP contribution in [0.4, 0.5) is 8.78 Å². The van der Waals surface area contributed by atoms with Crippen molar-refractivity contribution in [2.45, 2.75) is 38.9 Å². The number of rotatable bonds is 2. The second kappa shape index (κ2) is 5.22. The molecule has 1 aromatic rings. The summed E-state index contributed by atoms with van der Waals surface area (Å²) in [6.07, 6.45) is 0.439. The summed E-state index contributed by atoms with van der Waals surface area (Å²) in [5, 5.41) is 9.99. The van der Waals surface area contributed by atoms with E-state index in [2.05, 4.69) is 6.92 Å². The van der Waals surface area contributed by atoms with E-state index >= 15 is 0 Å². The Morgan fingerprint density at radius 2 is 1.94 bits per heavy atom. The van der Waals surface area contributed by atoms with Gasteiger partial charge in [-0.15, -0.1) is 0 Å². The number of halogens is 2. The summed E-state index contributed by atoms with van der Waals surface area (Å²) < 4.78 is 32.1. The lowest BCUT2D eigenvalue weighted by Crippen LogP contribution is -2.43. The quantitative estimate of drug-likeness (QED) is 0.880. The summed E-state index contributed by atoms with van der Waals surface area (Å²) in [6, 6.07) is 3.83. The van der Waals surface area contributed by atoms with Gasteiger partial charge in [-0.05, 0) is 36.8 Å². The standard InChI is InChI=1S/C14H18F2O2/c1-8-6-9(2)14(11(17)7-8)18-12-5-3-4-10(15)13(12)16/h3-5,8-9,11,14,17H,6-7H2,1-2H3. The molecule has 0 saturated heterocycles. The third kappa shape index (κ3) is 2.64. The monoisotopic (exact) mass is 256 g/mol. The van der Waals surface area contributed by atoms with E-state index in [0.29, 0.717) is 12.3 Å². The van der Waals surface area contributed by atoms with E-state index in [9.17, 15) is 13.9 Å². The molecule has 1 aromatic carbocycles. The van der Waals surface area contributed by atoms with Gasteiger partial charge in [0.15, 0.2) is 11.6 Å². The Bertz CT molecular complexity index is 410. The number of hydrogen-bond donors (Lipinski definition) is 1. The molecule has 100 valence electrons.